The third-order valence-corrected chi connectivity index (χ3v) is 4.97. The second kappa shape index (κ2) is 6.76. The predicted octanol–water partition coefficient (Wildman–Crippen LogP) is 1.23. The number of benzene rings is 1. The molecule has 3 aromatic rings. The van der Waals surface area contributed by atoms with Gasteiger partial charge in [-0.25, -0.2) is 9.97 Å². The van der Waals surface area contributed by atoms with Crippen LogP contribution in [-0.2, 0) is 13.6 Å². The second-order valence-electron chi connectivity index (χ2n) is 6.81. The number of aromatic nitrogens is 4. The number of likely N-dealkylation sites (tertiary alicyclic amines) is 1. The number of carbonyl (C=O) groups is 1. The van der Waals surface area contributed by atoms with Crippen molar-refractivity contribution in [2.24, 2.45) is 12.8 Å². The molecule has 0 unspecified atom stereocenters. The number of carbonyl (C=O) groups excluding carboxylic acids is 1. The molecule has 26 heavy (non-hydrogen) atoms. The maximum absolute atomic E-state index is 12.8. The Kier molecular flexibility index (Phi) is 4.30. The van der Waals surface area contributed by atoms with E-state index in [9.17, 15) is 4.79 Å². The number of hydrogen-bond acceptors (Lipinski definition) is 4. The van der Waals surface area contributed by atoms with Gasteiger partial charge in [0, 0.05) is 63.1 Å². The van der Waals surface area contributed by atoms with E-state index in [-0.39, 0.29) is 17.9 Å². The molecule has 1 saturated heterocycles. The summed E-state index contributed by atoms with van der Waals surface area (Å²) in [5.41, 5.74) is 8.10. The molecular weight excluding hydrogens is 328 g/mol. The summed E-state index contributed by atoms with van der Waals surface area (Å²) < 4.78 is 3.97. The molecule has 4 rings (SSSR count). The van der Waals surface area contributed by atoms with Crippen molar-refractivity contribution in [3.05, 3.63) is 72.3 Å². The lowest BCUT2D eigenvalue weighted by Gasteiger charge is -2.16. The summed E-state index contributed by atoms with van der Waals surface area (Å²) in [5.74, 6) is 1.02. The molecule has 2 N–H and O–H groups in total. The molecule has 0 saturated carbocycles. The van der Waals surface area contributed by atoms with E-state index in [1.54, 1.807) is 18.7 Å². The molecule has 134 valence electrons. The van der Waals surface area contributed by atoms with Crippen LogP contribution in [-0.4, -0.2) is 49.0 Å². The van der Waals surface area contributed by atoms with Gasteiger partial charge in [0.15, 0.2) is 0 Å². The van der Waals surface area contributed by atoms with Crippen molar-refractivity contribution in [1.82, 2.24) is 24.0 Å². The van der Waals surface area contributed by atoms with Gasteiger partial charge in [0.1, 0.15) is 5.82 Å². The van der Waals surface area contributed by atoms with Crippen LogP contribution in [0.4, 0.5) is 0 Å². The lowest BCUT2D eigenvalue weighted by Crippen LogP contribution is -2.32. The first-order chi connectivity index (χ1) is 12.6. The van der Waals surface area contributed by atoms with E-state index < -0.39 is 0 Å². The van der Waals surface area contributed by atoms with E-state index in [2.05, 4.69) is 9.97 Å². The summed E-state index contributed by atoms with van der Waals surface area (Å²) in [6.45, 7) is 1.89. The number of imidazole rings is 2. The van der Waals surface area contributed by atoms with Crippen LogP contribution < -0.4 is 5.73 Å². The average Bonchev–Trinajstić information content (AvgIpc) is 3.37. The molecule has 0 bridgehead atoms. The molecule has 0 radical (unpaired) electrons. The fourth-order valence-electron chi connectivity index (χ4n) is 3.53. The van der Waals surface area contributed by atoms with E-state index in [0.29, 0.717) is 18.7 Å². The quantitative estimate of drug-likeness (QED) is 0.767. The van der Waals surface area contributed by atoms with Crippen molar-refractivity contribution < 1.29 is 4.79 Å². The minimum absolute atomic E-state index is 0.0198. The van der Waals surface area contributed by atoms with Gasteiger partial charge in [-0.1, -0.05) is 12.1 Å². The minimum Gasteiger partial charge on any atom is -0.338 e. The van der Waals surface area contributed by atoms with Gasteiger partial charge in [0.25, 0.3) is 5.91 Å². The summed E-state index contributed by atoms with van der Waals surface area (Å²) in [6, 6.07) is 7.64. The molecule has 1 aliphatic heterocycles. The Morgan fingerprint density at radius 2 is 2.00 bits per heavy atom. The van der Waals surface area contributed by atoms with Gasteiger partial charge < -0.3 is 19.8 Å². The zero-order valence-electron chi connectivity index (χ0n) is 14.7. The number of hydrogen-bond donors (Lipinski definition) is 1. The number of rotatable bonds is 4. The molecule has 7 heteroatoms. The predicted molar refractivity (Wildman–Crippen MR) is 97.6 cm³/mol. The summed E-state index contributed by atoms with van der Waals surface area (Å²) in [6.07, 6.45) is 9.13. The van der Waals surface area contributed by atoms with E-state index in [4.69, 9.17) is 5.73 Å². The normalized spacial score (nSPS) is 19.8. The number of nitrogens with zero attached hydrogens (tertiary/aromatic N) is 5. The Morgan fingerprint density at radius 1 is 1.19 bits per heavy atom. The highest BCUT2D eigenvalue weighted by atomic mass is 16.2. The Bertz CT molecular complexity index is 883. The number of nitrogens with two attached hydrogens (primary N) is 1. The van der Waals surface area contributed by atoms with E-state index >= 15 is 0 Å². The number of aryl methyl sites for hydroxylation is 1. The zero-order chi connectivity index (χ0) is 18.1. The summed E-state index contributed by atoms with van der Waals surface area (Å²) in [4.78, 5) is 23.1. The summed E-state index contributed by atoms with van der Waals surface area (Å²) in [7, 11) is 1.96. The van der Waals surface area contributed by atoms with Crippen molar-refractivity contribution in [1.29, 1.82) is 0 Å². The van der Waals surface area contributed by atoms with Gasteiger partial charge >= 0.3 is 0 Å². The fraction of sp³-hybridized carbons (Fsp3) is 0.316. The van der Waals surface area contributed by atoms with Gasteiger partial charge in [-0.3, -0.25) is 4.79 Å². The first-order valence-electron chi connectivity index (χ1n) is 8.68. The van der Waals surface area contributed by atoms with Crippen LogP contribution >= 0.6 is 0 Å². The lowest BCUT2D eigenvalue weighted by molar-refractivity contribution is 0.0789. The van der Waals surface area contributed by atoms with Gasteiger partial charge in [0.2, 0.25) is 0 Å². The summed E-state index contributed by atoms with van der Waals surface area (Å²) >= 11 is 0. The molecule has 1 aliphatic rings. The van der Waals surface area contributed by atoms with Crippen molar-refractivity contribution >= 4 is 5.91 Å². The molecule has 3 heterocycles. The first-order valence-corrected chi connectivity index (χ1v) is 8.68. The summed E-state index contributed by atoms with van der Waals surface area (Å²) in [5, 5.41) is 0. The Hall–Kier alpha value is -2.93. The van der Waals surface area contributed by atoms with Gasteiger partial charge in [-0.05, 0) is 17.7 Å². The largest absolute Gasteiger partial charge is 0.338 e. The number of amides is 1. The van der Waals surface area contributed by atoms with Crippen LogP contribution in [0.25, 0.3) is 0 Å². The minimum atomic E-state index is -0.0967. The van der Waals surface area contributed by atoms with E-state index in [0.717, 1.165) is 17.9 Å². The maximum atomic E-state index is 12.8. The van der Waals surface area contributed by atoms with Crippen LogP contribution in [0.2, 0.25) is 0 Å². The highest BCUT2D eigenvalue weighted by Gasteiger charge is 2.36. The molecule has 0 aliphatic carbocycles. The van der Waals surface area contributed by atoms with Crippen molar-refractivity contribution in [2.75, 3.05) is 13.1 Å². The standard InChI is InChI=1S/C19H22N6O/c1-23-8-7-22-18(23)16-11-25(12-17(16)20)19(26)15-4-2-14(3-5-15)10-24-9-6-21-13-24/h2-9,13,16-17H,10-12,20H2,1H3/t16-,17-/m1/s1. The van der Waals surface area contributed by atoms with Gasteiger partial charge in [-0.2, -0.15) is 0 Å². The Labute approximate surface area is 152 Å². The van der Waals surface area contributed by atoms with E-state index in [1.165, 1.54) is 0 Å². The molecule has 1 amide bonds. The molecular formula is C19H22N6O. The third-order valence-electron chi connectivity index (χ3n) is 4.97. The molecule has 2 atom stereocenters. The topological polar surface area (TPSA) is 82.0 Å². The molecule has 1 fully saturated rings. The Morgan fingerprint density at radius 3 is 2.65 bits per heavy atom. The third kappa shape index (κ3) is 3.13. The van der Waals surface area contributed by atoms with Crippen molar-refractivity contribution in [3.63, 3.8) is 0 Å². The zero-order valence-corrected chi connectivity index (χ0v) is 14.7. The first kappa shape index (κ1) is 16.5. The van der Waals surface area contributed by atoms with Crippen LogP contribution in [0.5, 0.6) is 0 Å². The van der Waals surface area contributed by atoms with Crippen LogP contribution in [0, 0.1) is 0 Å². The van der Waals surface area contributed by atoms with Crippen LogP contribution in [0.1, 0.15) is 27.7 Å². The van der Waals surface area contributed by atoms with Crippen molar-refractivity contribution in [3.8, 4) is 0 Å². The SMILES string of the molecule is Cn1ccnc1[C@@H]1CN(C(=O)c2ccc(Cn3ccnc3)cc2)C[C@H]1N. The molecule has 1 aromatic carbocycles. The smallest absolute Gasteiger partial charge is 0.253 e. The van der Waals surface area contributed by atoms with Crippen LogP contribution in [0.3, 0.4) is 0 Å². The van der Waals surface area contributed by atoms with Gasteiger partial charge in [0.05, 0.1) is 12.2 Å². The molecule has 2 aromatic heterocycles. The second-order valence-corrected chi connectivity index (χ2v) is 6.81. The molecule has 7 nitrogen and oxygen atoms in total. The van der Waals surface area contributed by atoms with Crippen LogP contribution in [0.15, 0.2) is 55.4 Å². The lowest BCUT2D eigenvalue weighted by atomic mass is 10.0. The Balaban J connectivity index is 1.45. The van der Waals surface area contributed by atoms with Crippen molar-refractivity contribution in [2.45, 2.75) is 18.5 Å². The highest BCUT2D eigenvalue weighted by Crippen LogP contribution is 2.26. The van der Waals surface area contributed by atoms with E-state index in [1.807, 2.05) is 57.7 Å². The monoisotopic (exact) mass is 350 g/mol. The fourth-order valence-corrected chi connectivity index (χ4v) is 3.53. The van der Waals surface area contributed by atoms with Gasteiger partial charge in [-0.15, -0.1) is 0 Å². The maximum Gasteiger partial charge on any atom is 0.253 e. The molecule has 0 spiro atoms. The highest BCUT2D eigenvalue weighted by molar-refractivity contribution is 5.94. The average molecular weight is 350 g/mol.